The third-order valence-electron chi connectivity index (χ3n) is 5.70. The van der Waals surface area contributed by atoms with Gasteiger partial charge in [0, 0.05) is 24.9 Å². The zero-order chi connectivity index (χ0) is 24.1. The van der Waals surface area contributed by atoms with E-state index in [1.54, 1.807) is 25.3 Å². The minimum absolute atomic E-state index is 0.0216. The van der Waals surface area contributed by atoms with Crippen molar-refractivity contribution in [3.63, 3.8) is 0 Å². The lowest BCUT2D eigenvalue weighted by molar-refractivity contribution is 0.100. The van der Waals surface area contributed by atoms with Crippen LogP contribution in [0.5, 0.6) is 5.88 Å². The number of ether oxygens (including phenoxy) is 2. The molecule has 2 atom stereocenters. The van der Waals surface area contributed by atoms with Gasteiger partial charge in [-0.25, -0.2) is 19.3 Å². The molecule has 2 heterocycles. The van der Waals surface area contributed by atoms with E-state index in [4.69, 9.17) is 20.9 Å². The number of nitrogens with one attached hydrogen (secondary N) is 2. The van der Waals surface area contributed by atoms with Crippen LogP contribution >= 0.6 is 0 Å². The second kappa shape index (κ2) is 10.6. The summed E-state index contributed by atoms with van der Waals surface area (Å²) in [5.41, 5.74) is 13.4. The minimum Gasteiger partial charge on any atom is -0.474 e. The van der Waals surface area contributed by atoms with E-state index in [0.717, 1.165) is 31.7 Å². The van der Waals surface area contributed by atoms with Crippen LogP contribution in [0.25, 0.3) is 11.0 Å². The molecule has 180 valence electrons. The van der Waals surface area contributed by atoms with Crippen molar-refractivity contribution in [2.75, 3.05) is 31.0 Å². The van der Waals surface area contributed by atoms with Crippen molar-refractivity contribution in [1.29, 1.82) is 0 Å². The summed E-state index contributed by atoms with van der Waals surface area (Å²) in [6.07, 6.45) is 5.26. The monoisotopic (exact) mass is 469 g/mol. The largest absolute Gasteiger partial charge is 0.474 e. The summed E-state index contributed by atoms with van der Waals surface area (Å²) in [5.74, 6) is -0.922. The molecule has 0 saturated heterocycles. The number of fused-ring (bicyclic) bond motifs is 1. The van der Waals surface area contributed by atoms with Crippen LogP contribution in [-0.2, 0) is 4.74 Å². The summed E-state index contributed by atoms with van der Waals surface area (Å²) in [5, 5.41) is 6.15. The first kappa shape index (κ1) is 23.6. The second-order valence-electron chi connectivity index (χ2n) is 8.16. The van der Waals surface area contributed by atoms with Gasteiger partial charge in [-0.3, -0.25) is 4.79 Å². The van der Waals surface area contributed by atoms with Crippen LogP contribution in [0.1, 0.15) is 36.0 Å². The van der Waals surface area contributed by atoms with E-state index >= 15 is 0 Å². The second-order valence-corrected chi connectivity index (χ2v) is 8.16. The molecule has 4 rings (SSSR count). The smallest absolute Gasteiger partial charge is 0.252 e. The van der Waals surface area contributed by atoms with Gasteiger partial charge in [0.15, 0.2) is 11.6 Å². The van der Waals surface area contributed by atoms with Crippen LogP contribution in [0.15, 0.2) is 30.5 Å². The Hall–Kier alpha value is -3.57. The topological polar surface area (TPSA) is 150 Å². The molecule has 1 aromatic carbocycles. The Morgan fingerprint density at radius 3 is 2.74 bits per heavy atom. The summed E-state index contributed by atoms with van der Waals surface area (Å²) in [6.45, 7) is 0.809. The number of aromatic nitrogens is 3. The maximum absolute atomic E-state index is 14.7. The highest BCUT2D eigenvalue weighted by molar-refractivity contribution is 5.98. The number of nitrogens with zero attached hydrogens (tertiary/aromatic N) is 3. The fourth-order valence-corrected chi connectivity index (χ4v) is 3.89. The van der Waals surface area contributed by atoms with Crippen molar-refractivity contribution in [3.05, 3.63) is 41.8 Å². The highest BCUT2D eigenvalue weighted by Crippen LogP contribution is 2.28. The number of anilines is 3. The van der Waals surface area contributed by atoms with E-state index in [1.807, 2.05) is 0 Å². The fraction of sp³-hybridized carbons (Fsp3) is 0.391. The minimum atomic E-state index is -0.798. The predicted molar refractivity (Wildman–Crippen MR) is 127 cm³/mol. The summed E-state index contributed by atoms with van der Waals surface area (Å²) >= 11 is 0. The number of nitrogens with two attached hydrogens (primary N) is 2. The summed E-state index contributed by atoms with van der Waals surface area (Å²) in [7, 11) is 1.59. The summed E-state index contributed by atoms with van der Waals surface area (Å²) in [6, 6.07) is 6.13. The van der Waals surface area contributed by atoms with Gasteiger partial charge in [0.05, 0.1) is 29.4 Å². The van der Waals surface area contributed by atoms with Crippen LogP contribution in [0.2, 0.25) is 0 Å². The van der Waals surface area contributed by atoms with E-state index in [1.165, 1.54) is 6.20 Å². The molecule has 1 fully saturated rings. The lowest BCUT2D eigenvalue weighted by Gasteiger charge is -2.30. The lowest BCUT2D eigenvalue weighted by Crippen LogP contribution is -2.43. The Balaban J connectivity index is 1.58. The van der Waals surface area contributed by atoms with Gasteiger partial charge >= 0.3 is 0 Å². The van der Waals surface area contributed by atoms with Gasteiger partial charge in [0.2, 0.25) is 5.88 Å². The Morgan fingerprint density at radius 1 is 1.15 bits per heavy atom. The van der Waals surface area contributed by atoms with Crippen molar-refractivity contribution < 1.29 is 18.7 Å². The first-order chi connectivity index (χ1) is 16.4. The standard InChI is InChI=1S/C23H28FN7O3/c1-33-8-9-34-20-12-27-19-10-13(6-7-18(19)29-20)28-22-14(21(26)32)11-15(24)23(31-22)30-17-5-3-2-4-16(17)25/h6-7,10-12,16-17H,2-5,8-9,25H2,1H3,(H2,26,32)(H2,28,30,31)/t16-,17+/m0/s1. The van der Waals surface area contributed by atoms with Crippen LogP contribution in [0.3, 0.4) is 0 Å². The molecule has 1 saturated carbocycles. The first-order valence-corrected chi connectivity index (χ1v) is 11.1. The highest BCUT2D eigenvalue weighted by atomic mass is 19.1. The highest BCUT2D eigenvalue weighted by Gasteiger charge is 2.24. The molecule has 0 unspecified atom stereocenters. The average Bonchev–Trinajstić information content (AvgIpc) is 2.82. The van der Waals surface area contributed by atoms with Crippen molar-refractivity contribution in [1.82, 2.24) is 15.0 Å². The van der Waals surface area contributed by atoms with Crippen LogP contribution in [0, 0.1) is 5.82 Å². The van der Waals surface area contributed by atoms with Gasteiger partial charge < -0.3 is 31.6 Å². The SMILES string of the molecule is COCCOc1cnc2cc(Nc3nc(N[C@@H]4CCCC[C@@H]4N)c(F)cc3C(N)=O)ccc2n1. The number of primary amides is 1. The van der Waals surface area contributed by atoms with Gasteiger partial charge in [0.25, 0.3) is 5.91 Å². The Labute approximate surface area is 196 Å². The van der Waals surface area contributed by atoms with Gasteiger partial charge in [-0.15, -0.1) is 0 Å². The molecule has 34 heavy (non-hydrogen) atoms. The molecule has 1 amide bonds. The number of hydrogen-bond acceptors (Lipinski definition) is 9. The quantitative estimate of drug-likeness (QED) is 0.347. The van der Waals surface area contributed by atoms with Gasteiger partial charge in [-0.1, -0.05) is 12.8 Å². The zero-order valence-corrected chi connectivity index (χ0v) is 18.9. The number of methoxy groups -OCH3 is 1. The van der Waals surface area contributed by atoms with E-state index in [0.29, 0.717) is 35.8 Å². The fourth-order valence-electron chi connectivity index (χ4n) is 3.89. The van der Waals surface area contributed by atoms with E-state index in [2.05, 4.69) is 25.6 Å². The number of halogens is 1. The molecule has 2 aromatic heterocycles. The van der Waals surface area contributed by atoms with Gasteiger partial charge in [-0.05, 0) is 37.1 Å². The number of rotatable bonds is 9. The van der Waals surface area contributed by atoms with Crippen molar-refractivity contribution in [2.24, 2.45) is 11.5 Å². The van der Waals surface area contributed by atoms with Crippen molar-refractivity contribution in [3.8, 4) is 5.88 Å². The van der Waals surface area contributed by atoms with Crippen LogP contribution in [-0.4, -0.2) is 53.3 Å². The van der Waals surface area contributed by atoms with Crippen molar-refractivity contribution in [2.45, 2.75) is 37.8 Å². The molecule has 1 aliphatic carbocycles. The maximum atomic E-state index is 14.7. The average molecular weight is 470 g/mol. The maximum Gasteiger partial charge on any atom is 0.252 e. The number of carbonyl (C=O) groups excluding carboxylic acids is 1. The molecule has 0 aliphatic heterocycles. The van der Waals surface area contributed by atoms with Gasteiger partial charge in [-0.2, -0.15) is 0 Å². The molecule has 0 spiro atoms. The normalized spacial score (nSPS) is 18.0. The Morgan fingerprint density at radius 2 is 1.97 bits per heavy atom. The summed E-state index contributed by atoms with van der Waals surface area (Å²) < 4.78 is 25.2. The molecule has 1 aliphatic rings. The number of pyridine rings is 1. The lowest BCUT2D eigenvalue weighted by atomic mass is 9.91. The first-order valence-electron chi connectivity index (χ1n) is 11.1. The van der Waals surface area contributed by atoms with E-state index in [9.17, 15) is 9.18 Å². The number of benzene rings is 1. The third-order valence-corrected chi connectivity index (χ3v) is 5.70. The molecular weight excluding hydrogens is 441 g/mol. The predicted octanol–water partition coefficient (Wildman–Crippen LogP) is 2.71. The van der Waals surface area contributed by atoms with Gasteiger partial charge in [0.1, 0.15) is 12.4 Å². The van der Waals surface area contributed by atoms with Crippen LogP contribution in [0.4, 0.5) is 21.7 Å². The molecule has 10 nitrogen and oxygen atoms in total. The number of amides is 1. The molecular formula is C23H28FN7O3. The third kappa shape index (κ3) is 5.49. The Kier molecular flexibility index (Phi) is 7.33. The molecule has 11 heteroatoms. The number of carbonyl (C=O) groups is 1. The molecule has 6 N–H and O–H groups in total. The molecule has 0 bridgehead atoms. The van der Waals surface area contributed by atoms with Crippen LogP contribution < -0.4 is 26.8 Å². The Bertz CT molecular complexity index is 1180. The van der Waals surface area contributed by atoms with Crippen molar-refractivity contribution >= 4 is 34.3 Å². The van der Waals surface area contributed by atoms with E-state index < -0.39 is 11.7 Å². The molecule has 3 aromatic rings. The molecule has 0 radical (unpaired) electrons. The van der Waals surface area contributed by atoms with E-state index in [-0.39, 0.29) is 29.3 Å². The summed E-state index contributed by atoms with van der Waals surface area (Å²) in [4.78, 5) is 25.1. The zero-order valence-electron chi connectivity index (χ0n) is 18.9. The number of hydrogen-bond donors (Lipinski definition) is 4.